The molecule has 5 nitrogen and oxygen atoms in total. The van der Waals surface area contributed by atoms with Crippen molar-refractivity contribution in [2.45, 2.75) is 38.2 Å². The lowest BCUT2D eigenvalue weighted by Gasteiger charge is -2.33. The van der Waals surface area contributed by atoms with Crippen LogP contribution in [0.2, 0.25) is 0 Å². The number of benzene rings is 2. The van der Waals surface area contributed by atoms with Gasteiger partial charge in [-0.25, -0.2) is 9.79 Å². The van der Waals surface area contributed by atoms with E-state index in [1.54, 1.807) is 11.8 Å². The number of fused-ring (bicyclic) bond motifs is 1. The van der Waals surface area contributed by atoms with E-state index >= 15 is 0 Å². The largest absolute Gasteiger partial charge is 0.457 e. The fourth-order valence-electron chi connectivity index (χ4n) is 3.61. The molecule has 2 atom stereocenters. The molecule has 4 rings (SSSR count). The molecule has 2 aromatic carbocycles. The van der Waals surface area contributed by atoms with Gasteiger partial charge in [-0.2, -0.15) is 0 Å². The Labute approximate surface area is 188 Å². The number of hydrogen-bond acceptors (Lipinski definition) is 5. The monoisotopic (exact) mass is 484 g/mol. The van der Waals surface area contributed by atoms with Crippen molar-refractivity contribution in [1.29, 1.82) is 0 Å². The van der Waals surface area contributed by atoms with Crippen LogP contribution in [0.15, 0.2) is 75.3 Å². The first-order chi connectivity index (χ1) is 14.5. The molecule has 0 saturated carbocycles. The molecular weight excluding hydrogens is 464 g/mol. The molecule has 0 bridgehead atoms. The summed E-state index contributed by atoms with van der Waals surface area (Å²) in [5.41, 5.74) is 2.75. The molecule has 30 heavy (non-hydrogen) atoms. The third-order valence-corrected chi connectivity index (χ3v) is 6.99. The Morgan fingerprint density at radius 1 is 1.17 bits per heavy atom. The summed E-state index contributed by atoms with van der Waals surface area (Å²) in [6.07, 6.45) is 0.707. The number of nitrogens with zero attached hydrogens (tertiary/aromatic N) is 2. The number of esters is 1. The van der Waals surface area contributed by atoms with Crippen LogP contribution in [-0.2, 0) is 20.9 Å². The lowest BCUT2D eigenvalue weighted by molar-refractivity contribution is -0.141. The van der Waals surface area contributed by atoms with E-state index in [1.165, 1.54) is 11.8 Å². The van der Waals surface area contributed by atoms with Crippen molar-refractivity contribution in [2.24, 2.45) is 4.99 Å². The van der Waals surface area contributed by atoms with E-state index < -0.39 is 12.0 Å². The maximum Gasteiger partial charge on any atom is 0.338 e. The topological polar surface area (TPSA) is 59.0 Å². The molecule has 154 valence electrons. The van der Waals surface area contributed by atoms with Gasteiger partial charge < -0.3 is 4.74 Å². The minimum absolute atomic E-state index is 0.0185. The van der Waals surface area contributed by atoms with Gasteiger partial charge in [0.1, 0.15) is 6.61 Å². The van der Waals surface area contributed by atoms with E-state index in [2.05, 4.69) is 20.9 Å². The van der Waals surface area contributed by atoms with Gasteiger partial charge in [0, 0.05) is 4.47 Å². The van der Waals surface area contributed by atoms with Crippen LogP contribution < -0.4 is 0 Å². The Balaban J connectivity index is 1.71. The van der Waals surface area contributed by atoms with Gasteiger partial charge in [0.15, 0.2) is 5.17 Å². The molecule has 1 saturated heterocycles. The van der Waals surface area contributed by atoms with Crippen LogP contribution >= 0.6 is 27.7 Å². The lowest BCUT2D eigenvalue weighted by atomic mass is 9.94. The summed E-state index contributed by atoms with van der Waals surface area (Å²) < 4.78 is 6.56. The number of carbonyl (C=O) groups excluding carboxylic acids is 2. The quantitative estimate of drug-likeness (QED) is 0.545. The van der Waals surface area contributed by atoms with Gasteiger partial charge in [-0.15, -0.1) is 0 Å². The van der Waals surface area contributed by atoms with Gasteiger partial charge >= 0.3 is 5.97 Å². The standard InChI is InChI=1S/C23H21BrN2O3S/c1-3-18-21(27)26-20(16-9-11-17(24)12-10-16)19(14(2)25-23(26)30-18)22(28)29-13-15-7-5-4-6-8-15/h4-12,18,20H,3,13H2,1-2H3/t18-,20+/m1/s1. The molecule has 1 amide bonds. The number of carbonyl (C=O) groups is 2. The molecular formula is C23H21BrN2O3S. The number of rotatable bonds is 5. The molecule has 0 spiro atoms. The number of ether oxygens (including phenoxy) is 1. The summed E-state index contributed by atoms with van der Waals surface area (Å²) in [6.45, 7) is 3.96. The van der Waals surface area contributed by atoms with E-state index in [1.807, 2.05) is 61.5 Å². The highest BCUT2D eigenvalue weighted by Gasteiger charge is 2.47. The normalized spacial score (nSPS) is 20.8. The summed E-state index contributed by atoms with van der Waals surface area (Å²) in [5, 5.41) is 0.464. The molecule has 0 unspecified atom stereocenters. The number of amides is 1. The predicted molar refractivity (Wildman–Crippen MR) is 122 cm³/mol. The lowest BCUT2D eigenvalue weighted by Crippen LogP contribution is -2.40. The first kappa shape index (κ1) is 20.9. The SMILES string of the molecule is CC[C@H]1SC2=NC(C)=C(C(=O)OCc3ccccc3)[C@H](c3ccc(Br)cc3)N2C1=O. The van der Waals surface area contributed by atoms with Crippen molar-refractivity contribution in [3.8, 4) is 0 Å². The number of amidine groups is 1. The van der Waals surface area contributed by atoms with Gasteiger partial charge in [-0.3, -0.25) is 9.69 Å². The predicted octanol–water partition coefficient (Wildman–Crippen LogP) is 5.23. The van der Waals surface area contributed by atoms with E-state index in [-0.39, 0.29) is 17.8 Å². The first-order valence-electron chi connectivity index (χ1n) is 9.75. The fourth-order valence-corrected chi connectivity index (χ4v) is 5.01. The second kappa shape index (κ2) is 8.78. The number of hydrogen-bond donors (Lipinski definition) is 0. The summed E-state index contributed by atoms with van der Waals surface area (Å²) in [5.74, 6) is -0.472. The summed E-state index contributed by atoms with van der Waals surface area (Å²) >= 11 is 4.92. The number of thioether (sulfide) groups is 1. The first-order valence-corrected chi connectivity index (χ1v) is 11.4. The molecule has 2 aliphatic rings. The molecule has 0 aliphatic carbocycles. The van der Waals surface area contributed by atoms with Crippen LogP contribution in [0, 0.1) is 0 Å². The molecule has 2 heterocycles. The number of allylic oxidation sites excluding steroid dienone is 1. The van der Waals surface area contributed by atoms with Crippen molar-refractivity contribution in [1.82, 2.24) is 4.90 Å². The van der Waals surface area contributed by atoms with Crippen molar-refractivity contribution >= 4 is 44.7 Å². The average Bonchev–Trinajstić information content (AvgIpc) is 3.07. The highest BCUT2D eigenvalue weighted by Crippen LogP contribution is 2.44. The maximum absolute atomic E-state index is 13.2. The zero-order valence-electron chi connectivity index (χ0n) is 16.7. The Kier molecular flexibility index (Phi) is 6.11. The van der Waals surface area contributed by atoms with Gasteiger partial charge in [0.25, 0.3) is 0 Å². The smallest absolute Gasteiger partial charge is 0.338 e. The zero-order chi connectivity index (χ0) is 21.3. The summed E-state index contributed by atoms with van der Waals surface area (Å²) in [6, 6.07) is 16.7. The van der Waals surface area contributed by atoms with Crippen molar-refractivity contribution in [3.05, 3.63) is 81.5 Å². The van der Waals surface area contributed by atoms with Gasteiger partial charge in [0.2, 0.25) is 5.91 Å². The van der Waals surface area contributed by atoms with E-state index in [9.17, 15) is 9.59 Å². The Morgan fingerprint density at radius 3 is 2.53 bits per heavy atom. The minimum atomic E-state index is -0.551. The summed E-state index contributed by atoms with van der Waals surface area (Å²) in [7, 11) is 0. The fraction of sp³-hybridized carbons (Fsp3) is 0.261. The highest BCUT2D eigenvalue weighted by molar-refractivity contribution is 9.10. The van der Waals surface area contributed by atoms with Gasteiger partial charge in [-0.05, 0) is 36.6 Å². The molecule has 2 aromatic rings. The van der Waals surface area contributed by atoms with Gasteiger partial charge in [0.05, 0.1) is 22.6 Å². The van der Waals surface area contributed by atoms with Crippen LogP contribution in [0.25, 0.3) is 0 Å². The average molecular weight is 485 g/mol. The van der Waals surface area contributed by atoms with Crippen LogP contribution in [0.1, 0.15) is 37.4 Å². The van der Waals surface area contributed by atoms with Crippen molar-refractivity contribution in [3.63, 3.8) is 0 Å². The Bertz CT molecular complexity index is 1030. The van der Waals surface area contributed by atoms with E-state index in [0.29, 0.717) is 22.9 Å². The maximum atomic E-state index is 13.2. The molecule has 7 heteroatoms. The number of aliphatic imine (C=N–C) groups is 1. The molecule has 0 aromatic heterocycles. The van der Waals surface area contributed by atoms with Crippen LogP contribution in [0.3, 0.4) is 0 Å². The Morgan fingerprint density at radius 2 is 1.87 bits per heavy atom. The summed E-state index contributed by atoms with van der Waals surface area (Å²) in [4.78, 5) is 32.6. The van der Waals surface area contributed by atoms with Crippen LogP contribution in [-0.4, -0.2) is 27.2 Å². The third kappa shape index (κ3) is 3.96. The second-order valence-corrected chi connectivity index (χ2v) is 9.22. The number of halogens is 1. The highest BCUT2D eigenvalue weighted by atomic mass is 79.9. The van der Waals surface area contributed by atoms with Crippen molar-refractivity contribution in [2.75, 3.05) is 0 Å². The second-order valence-electron chi connectivity index (χ2n) is 7.13. The molecule has 0 radical (unpaired) electrons. The van der Waals surface area contributed by atoms with E-state index in [0.717, 1.165) is 15.6 Å². The zero-order valence-corrected chi connectivity index (χ0v) is 19.1. The Hall–Kier alpha value is -2.38. The van der Waals surface area contributed by atoms with E-state index in [4.69, 9.17) is 4.74 Å². The molecule has 1 fully saturated rings. The van der Waals surface area contributed by atoms with Gasteiger partial charge in [-0.1, -0.05) is 77.1 Å². The molecule has 0 N–H and O–H groups in total. The minimum Gasteiger partial charge on any atom is -0.457 e. The van der Waals surface area contributed by atoms with Crippen LogP contribution in [0.5, 0.6) is 0 Å². The van der Waals surface area contributed by atoms with Crippen molar-refractivity contribution < 1.29 is 14.3 Å². The van der Waals surface area contributed by atoms with Crippen LogP contribution in [0.4, 0.5) is 0 Å². The third-order valence-electron chi connectivity index (χ3n) is 5.14. The molecule has 2 aliphatic heterocycles.